The van der Waals surface area contributed by atoms with Gasteiger partial charge in [-0.15, -0.1) is 0 Å². The molecular weight excluding hydrogens is 245 g/mol. The van der Waals surface area contributed by atoms with E-state index in [4.69, 9.17) is 5.73 Å². The van der Waals surface area contributed by atoms with Crippen LogP contribution in [0.25, 0.3) is 0 Å². The van der Waals surface area contributed by atoms with E-state index in [0.717, 1.165) is 12.8 Å². The van der Waals surface area contributed by atoms with Crippen LogP contribution in [0, 0.1) is 5.92 Å². The van der Waals surface area contributed by atoms with Crippen molar-refractivity contribution in [2.75, 3.05) is 26.7 Å². The lowest BCUT2D eigenvalue weighted by atomic mass is 9.88. The third-order valence-corrected chi connectivity index (χ3v) is 3.91. The zero-order chi connectivity index (χ0) is 13.8. The van der Waals surface area contributed by atoms with Crippen LogP contribution in [-0.2, 0) is 0 Å². The van der Waals surface area contributed by atoms with E-state index in [-0.39, 0.29) is 19.0 Å². The van der Waals surface area contributed by atoms with E-state index in [1.165, 1.54) is 0 Å². The lowest BCUT2D eigenvalue weighted by Crippen LogP contribution is -2.42. The second-order valence-corrected chi connectivity index (χ2v) is 5.35. The number of hydrogen-bond acceptors (Lipinski definition) is 3. The van der Waals surface area contributed by atoms with Crippen LogP contribution in [0.2, 0.25) is 0 Å². The van der Waals surface area contributed by atoms with E-state index >= 15 is 0 Å². The number of aliphatic hydroxyl groups is 1. The lowest BCUT2D eigenvalue weighted by molar-refractivity contribution is -0.137. The van der Waals surface area contributed by atoms with Crippen molar-refractivity contribution in [2.45, 2.75) is 43.9 Å². The topological polar surface area (TPSA) is 49.5 Å². The van der Waals surface area contributed by atoms with Gasteiger partial charge in [-0.3, -0.25) is 0 Å². The Kier molecular flexibility index (Phi) is 5.43. The standard InChI is InChI=1S/C12H23F3N2O/c1-17(8-6-12(13,14)15)7-4-10-3-2-5-11(10,18)9-16/h10,18H,2-9,16H2,1H3. The summed E-state index contributed by atoms with van der Waals surface area (Å²) in [5.41, 5.74) is 4.77. The van der Waals surface area contributed by atoms with E-state index in [2.05, 4.69) is 0 Å². The zero-order valence-electron chi connectivity index (χ0n) is 10.8. The van der Waals surface area contributed by atoms with Gasteiger partial charge in [0.2, 0.25) is 0 Å². The Labute approximate surface area is 106 Å². The summed E-state index contributed by atoms with van der Waals surface area (Å²) >= 11 is 0. The normalized spacial score (nSPS) is 29.2. The van der Waals surface area contributed by atoms with Gasteiger partial charge in [0.25, 0.3) is 0 Å². The molecule has 2 atom stereocenters. The molecule has 18 heavy (non-hydrogen) atoms. The van der Waals surface area contributed by atoms with Crippen molar-refractivity contribution in [3.05, 3.63) is 0 Å². The van der Waals surface area contributed by atoms with Crippen LogP contribution >= 0.6 is 0 Å². The Morgan fingerprint density at radius 3 is 2.61 bits per heavy atom. The first-order valence-electron chi connectivity index (χ1n) is 6.44. The van der Waals surface area contributed by atoms with E-state index in [1.54, 1.807) is 11.9 Å². The van der Waals surface area contributed by atoms with Gasteiger partial charge in [0, 0.05) is 13.1 Å². The molecule has 3 N–H and O–H groups in total. The Morgan fingerprint density at radius 1 is 1.39 bits per heavy atom. The highest BCUT2D eigenvalue weighted by molar-refractivity contribution is 4.93. The number of hydrogen-bond donors (Lipinski definition) is 2. The maximum atomic E-state index is 12.1. The highest BCUT2D eigenvalue weighted by atomic mass is 19.4. The van der Waals surface area contributed by atoms with Gasteiger partial charge in [-0.1, -0.05) is 6.42 Å². The van der Waals surface area contributed by atoms with Gasteiger partial charge in [-0.05, 0) is 38.8 Å². The predicted octanol–water partition coefficient (Wildman–Crippen LogP) is 1.75. The first kappa shape index (κ1) is 15.7. The number of alkyl halides is 3. The molecule has 0 aromatic rings. The fourth-order valence-electron chi connectivity index (χ4n) is 2.61. The third-order valence-electron chi connectivity index (χ3n) is 3.91. The molecule has 1 saturated carbocycles. The molecule has 0 amide bonds. The molecule has 0 heterocycles. The van der Waals surface area contributed by atoms with Crippen molar-refractivity contribution in [1.29, 1.82) is 0 Å². The van der Waals surface area contributed by atoms with Crippen molar-refractivity contribution in [3.8, 4) is 0 Å². The number of nitrogens with zero attached hydrogens (tertiary/aromatic N) is 1. The summed E-state index contributed by atoms with van der Waals surface area (Å²) in [5, 5.41) is 10.2. The molecule has 1 rings (SSSR count). The van der Waals surface area contributed by atoms with Crippen LogP contribution in [0.5, 0.6) is 0 Å². The minimum Gasteiger partial charge on any atom is -0.388 e. The van der Waals surface area contributed by atoms with Crippen LogP contribution in [-0.4, -0.2) is 48.5 Å². The Balaban J connectivity index is 2.28. The Morgan fingerprint density at radius 2 is 2.06 bits per heavy atom. The summed E-state index contributed by atoms with van der Waals surface area (Å²) in [6.07, 6.45) is -1.59. The molecule has 108 valence electrons. The second kappa shape index (κ2) is 6.21. The number of rotatable bonds is 6. The van der Waals surface area contributed by atoms with Gasteiger partial charge in [0.15, 0.2) is 0 Å². The molecule has 0 saturated heterocycles. The van der Waals surface area contributed by atoms with Crippen molar-refractivity contribution in [1.82, 2.24) is 4.90 Å². The van der Waals surface area contributed by atoms with Crippen molar-refractivity contribution in [3.63, 3.8) is 0 Å². The van der Waals surface area contributed by atoms with Crippen LogP contribution < -0.4 is 5.73 Å². The molecular formula is C12H23F3N2O. The SMILES string of the molecule is CN(CCC1CCCC1(O)CN)CCC(F)(F)F. The maximum absolute atomic E-state index is 12.1. The zero-order valence-corrected chi connectivity index (χ0v) is 10.8. The first-order chi connectivity index (χ1) is 8.27. The van der Waals surface area contributed by atoms with E-state index < -0.39 is 18.2 Å². The first-order valence-corrected chi connectivity index (χ1v) is 6.44. The Hall–Kier alpha value is -0.330. The molecule has 0 aromatic heterocycles. The average molecular weight is 268 g/mol. The molecule has 1 fully saturated rings. The van der Waals surface area contributed by atoms with E-state index in [9.17, 15) is 18.3 Å². The fourth-order valence-corrected chi connectivity index (χ4v) is 2.61. The molecule has 1 aliphatic rings. The largest absolute Gasteiger partial charge is 0.390 e. The van der Waals surface area contributed by atoms with Gasteiger partial charge in [-0.2, -0.15) is 13.2 Å². The van der Waals surface area contributed by atoms with Crippen molar-refractivity contribution < 1.29 is 18.3 Å². The third kappa shape index (κ3) is 4.74. The van der Waals surface area contributed by atoms with Crippen LogP contribution in [0.3, 0.4) is 0 Å². The maximum Gasteiger partial charge on any atom is 0.390 e. The van der Waals surface area contributed by atoms with Crippen LogP contribution in [0.15, 0.2) is 0 Å². The van der Waals surface area contributed by atoms with E-state index in [1.807, 2.05) is 0 Å². The molecule has 1 aliphatic carbocycles. The minimum atomic E-state index is -4.10. The van der Waals surface area contributed by atoms with Gasteiger partial charge < -0.3 is 15.7 Å². The highest BCUT2D eigenvalue weighted by Gasteiger charge is 2.39. The number of nitrogens with two attached hydrogens (primary N) is 1. The van der Waals surface area contributed by atoms with E-state index in [0.29, 0.717) is 19.4 Å². The smallest absolute Gasteiger partial charge is 0.388 e. The number of halogens is 3. The lowest BCUT2D eigenvalue weighted by Gasteiger charge is -2.30. The van der Waals surface area contributed by atoms with Gasteiger partial charge in [0.05, 0.1) is 12.0 Å². The molecule has 6 heteroatoms. The molecule has 0 spiro atoms. The Bertz CT molecular complexity index is 260. The second-order valence-electron chi connectivity index (χ2n) is 5.35. The summed E-state index contributed by atoms with van der Waals surface area (Å²) in [6.45, 7) is 0.824. The molecule has 0 aromatic carbocycles. The fraction of sp³-hybridized carbons (Fsp3) is 1.00. The quantitative estimate of drug-likeness (QED) is 0.771. The molecule has 0 aliphatic heterocycles. The van der Waals surface area contributed by atoms with Gasteiger partial charge >= 0.3 is 6.18 Å². The molecule has 0 bridgehead atoms. The van der Waals surface area contributed by atoms with Crippen LogP contribution in [0.1, 0.15) is 32.1 Å². The van der Waals surface area contributed by atoms with Crippen LogP contribution in [0.4, 0.5) is 13.2 Å². The monoisotopic (exact) mass is 268 g/mol. The average Bonchev–Trinajstić information content (AvgIpc) is 2.65. The molecule has 0 radical (unpaired) electrons. The summed E-state index contributed by atoms with van der Waals surface area (Å²) in [7, 11) is 1.68. The van der Waals surface area contributed by atoms with Crippen molar-refractivity contribution >= 4 is 0 Å². The highest BCUT2D eigenvalue weighted by Crippen LogP contribution is 2.37. The summed E-state index contributed by atoms with van der Waals surface area (Å²) < 4.78 is 36.2. The molecule has 3 nitrogen and oxygen atoms in total. The summed E-state index contributed by atoms with van der Waals surface area (Å²) in [5.74, 6) is 0.121. The summed E-state index contributed by atoms with van der Waals surface area (Å²) in [4.78, 5) is 1.67. The van der Waals surface area contributed by atoms with Gasteiger partial charge in [-0.25, -0.2) is 0 Å². The molecule has 2 unspecified atom stereocenters. The summed E-state index contributed by atoms with van der Waals surface area (Å²) in [6, 6.07) is 0. The van der Waals surface area contributed by atoms with Crippen molar-refractivity contribution in [2.24, 2.45) is 11.7 Å². The predicted molar refractivity (Wildman–Crippen MR) is 64.1 cm³/mol. The minimum absolute atomic E-state index is 0.0112. The van der Waals surface area contributed by atoms with Gasteiger partial charge in [0.1, 0.15) is 0 Å².